The monoisotopic (exact) mass is 271 g/mol. The minimum absolute atomic E-state index is 0.0279. The van der Waals surface area contributed by atoms with Crippen molar-refractivity contribution in [2.75, 3.05) is 6.61 Å². The second-order valence-corrected chi connectivity index (χ2v) is 5.06. The number of carbonyl (C=O) groups is 1. The zero-order valence-corrected chi connectivity index (χ0v) is 11.3. The number of para-hydroxylation sites is 1. The molecule has 1 aliphatic rings. The number of aromatic amines is 1. The molecule has 2 N–H and O–H groups in total. The zero-order chi connectivity index (χ0) is 13.9. The number of aryl methyl sites for hydroxylation is 1. The van der Waals surface area contributed by atoms with Crippen LogP contribution in [0.3, 0.4) is 0 Å². The summed E-state index contributed by atoms with van der Waals surface area (Å²) in [7, 11) is 0. The number of nitrogens with zero attached hydrogens (tertiary/aromatic N) is 1. The number of hydrogen-bond donors (Lipinski definition) is 2. The van der Waals surface area contributed by atoms with Crippen molar-refractivity contribution in [1.82, 2.24) is 15.5 Å². The summed E-state index contributed by atoms with van der Waals surface area (Å²) in [6.45, 7) is 2.88. The van der Waals surface area contributed by atoms with E-state index in [-0.39, 0.29) is 11.8 Å². The van der Waals surface area contributed by atoms with Crippen LogP contribution < -0.4 is 10.1 Å². The van der Waals surface area contributed by atoms with Crippen molar-refractivity contribution in [2.24, 2.45) is 5.92 Å². The third-order valence-electron chi connectivity index (χ3n) is 3.64. The standard InChI is InChI=1S/C15H17N3O2/c1-10-13(8-17-18-10)7-16-15(19)12-6-11-4-2-3-5-14(11)20-9-12/h2-5,8,12H,6-7,9H2,1H3,(H,16,19)(H,17,18). The maximum atomic E-state index is 12.2. The lowest BCUT2D eigenvalue weighted by Crippen LogP contribution is -2.37. The third kappa shape index (κ3) is 2.52. The average molecular weight is 271 g/mol. The zero-order valence-electron chi connectivity index (χ0n) is 11.3. The molecular formula is C15H17N3O2. The van der Waals surface area contributed by atoms with E-state index in [2.05, 4.69) is 15.5 Å². The fourth-order valence-electron chi connectivity index (χ4n) is 2.38. The summed E-state index contributed by atoms with van der Waals surface area (Å²) in [5.74, 6) is 0.791. The van der Waals surface area contributed by atoms with E-state index >= 15 is 0 Å². The summed E-state index contributed by atoms with van der Waals surface area (Å²) in [6, 6.07) is 7.87. The number of carbonyl (C=O) groups excluding carboxylic acids is 1. The summed E-state index contributed by atoms with van der Waals surface area (Å²) < 4.78 is 5.64. The van der Waals surface area contributed by atoms with Crippen molar-refractivity contribution >= 4 is 5.91 Å². The molecule has 1 aromatic heterocycles. The van der Waals surface area contributed by atoms with E-state index in [0.29, 0.717) is 13.2 Å². The molecule has 0 saturated carbocycles. The van der Waals surface area contributed by atoms with E-state index in [1.54, 1.807) is 6.20 Å². The highest BCUT2D eigenvalue weighted by Crippen LogP contribution is 2.26. The van der Waals surface area contributed by atoms with Gasteiger partial charge in [0.2, 0.25) is 5.91 Å². The Morgan fingerprint density at radius 2 is 2.35 bits per heavy atom. The van der Waals surface area contributed by atoms with Crippen molar-refractivity contribution in [1.29, 1.82) is 0 Å². The molecule has 0 bridgehead atoms. The summed E-state index contributed by atoms with van der Waals surface area (Å²) in [5, 5.41) is 9.75. The molecule has 1 aromatic carbocycles. The Bertz CT molecular complexity index is 621. The minimum atomic E-state index is -0.128. The van der Waals surface area contributed by atoms with Crippen LogP contribution in [0, 0.1) is 12.8 Å². The number of rotatable bonds is 3. The van der Waals surface area contributed by atoms with Gasteiger partial charge in [0.15, 0.2) is 0 Å². The molecule has 0 aliphatic carbocycles. The summed E-state index contributed by atoms with van der Waals surface area (Å²) in [5.41, 5.74) is 3.09. The quantitative estimate of drug-likeness (QED) is 0.890. The number of benzene rings is 1. The Balaban J connectivity index is 1.60. The van der Waals surface area contributed by atoms with Gasteiger partial charge >= 0.3 is 0 Å². The fraction of sp³-hybridized carbons (Fsp3) is 0.333. The highest BCUT2D eigenvalue weighted by molar-refractivity contribution is 5.79. The molecular weight excluding hydrogens is 254 g/mol. The van der Waals surface area contributed by atoms with Gasteiger partial charge in [0.1, 0.15) is 12.4 Å². The molecule has 0 saturated heterocycles. The number of aromatic nitrogens is 2. The molecule has 0 fully saturated rings. The lowest BCUT2D eigenvalue weighted by Gasteiger charge is -2.24. The van der Waals surface area contributed by atoms with Gasteiger partial charge in [-0.2, -0.15) is 5.10 Å². The molecule has 104 valence electrons. The van der Waals surface area contributed by atoms with Crippen LogP contribution in [-0.2, 0) is 17.8 Å². The van der Waals surface area contributed by atoms with Gasteiger partial charge in [-0.05, 0) is 25.0 Å². The summed E-state index contributed by atoms with van der Waals surface area (Å²) in [4.78, 5) is 12.2. The normalized spacial score (nSPS) is 17.1. The number of ether oxygens (including phenoxy) is 1. The van der Waals surface area contributed by atoms with Crippen molar-refractivity contribution in [3.05, 3.63) is 47.3 Å². The first-order chi connectivity index (χ1) is 9.74. The Kier molecular flexibility index (Phi) is 3.41. The van der Waals surface area contributed by atoms with Gasteiger partial charge in [-0.15, -0.1) is 0 Å². The SMILES string of the molecule is Cc1[nH]ncc1CNC(=O)C1COc2ccccc2C1. The second-order valence-electron chi connectivity index (χ2n) is 5.06. The van der Waals surface area contributed by atoms with Crippen LogP contribution in [0.2, 0.25) is 0 Å². The number of amides is 1. The van der Waals surface area contributed by atoms with Crippen molar-refractivity contribution in [3.63, 3.8) is 0 Å². The lowest BCUT2D eigenvalue weighted by molar-refractivity contribution is -0.126. The second kappa shape index (κ2) is 5.36. The van der Waals surface area contributed by atoms with E-state index in [1.165, 1.54) is 0 Å². The molecule has 20 heavy (non-hydrogen) atoms. The molecule has 0 radical (unpaired) electrons. The largest absolute Gasteiger partial charge is 0.492 e. The molecule has 1 aliphatic heterocycles. The van der Waals surface area contributed by atoms with Crippen LogP contribution >= 0.6 is 0 Å². The molecule has 2 heterocycles. The number of nitrogens with one attached hydrogen (secondary N) is 2. The molecule has 1 amide bonds. The molecule has 5 nitrogen and oxygen atoms in total. The van der Waals surface area contributed by atoms with Crippen LogP contribution in [0.15, 0.2) is 30.5 Å². The van der Waals surface area contributed by atoms with Gasteiger partial charge in [0, 0.05) is 17.8 Å². The van der Waals surface area contributed by atoms with Gasteiger partial charge < -0.3 is 10.1 Å². The Labute approximate surface area is 117 Å². The van der Waals surface area contributed by atoms with E-state index in [1.807, 2.05) is 31.2 Å². The van der Waals surface area contributed by atoms with E-state index < -0.39 is 0 Å². The average Bonchev–Trinajstić information content (AvgIpc) is 2.89. The number of fused-ring (bicyclic) bond motifs is 1. The molecule has 2 aromatic rings. The maximum Gasteiger partial charge on any atom is 0.227 e. The third-order valence-corrected chi connectivity index (χ3v) is 3.64. The molecule has 3 rings (SSSR count). The van der Waals surface area contributed by atoms with Gasteiger partial charge in [0.05, 0.1) is 12.1 Å². The van der Waals surface area contributed by atoms with Crippen LogP contribution in [0.25, 0.3) is 0 Å². The number of hydrogen-bond acceptors (Lipinski definition) is 3. The Morgan fingerprint density at radius 1 is 1.50 bits per heavy atom. The van der Waals surface area contributed by atoms with Crippen LogP contribution in [-0.4, -0.2) is 22.7 Å². The lowest BCUT2D eigenvalue weighted by atomic mass is 9.96. The maximum absolute atomic E-state index is 12.2. The van der Waals surface area contributed by atoms with E-state index in [4.69, 9.17) is 4.74 Å². The number of H-pyrrole nitrogens is 1. The van der Waals surface area contributed by atoms with Gasteiger partial charge in [-0.1, -0.05) is 18.2 Å². The first-order valence-corrected chi connectivity index (χ1v) is 6.71. The Morgan fingerprint density at radius 3 is 3.15 bits per heavy atom. The minimum Gasteiger partial charge on any atom is -0.492 e. The summed E-state index contributed by atoms with van der Waals surface area (Å²) >= 11 is 0. The molecule has 1 unspecified atom stereocenters. The van der Waals surface area contributed by atoms with E-state index in [9.17, 15) is 4.79 Å². The van der Waals surface area contributed by atoms with Crippen molar-refractivity contribution < 1.29 is 9.53 Å². The molecule has 0 spiro atoms. The highest BCUT2D eigenvalue weighted by Gasteiger charge is 2.25. The smallest absolute Gasteiger partial charge is 0.227 e. The predicted octanol–water partition coefficient (Wildman–Crippen LogP) is 1.59. The van der Waals surface area contributed by atoms with E-state index in [0.717, 1.165) is 29.0 Å². The fourth-order valence-corrected chi connectivity index (χ4v) is 2.38. The first kappa shape index (κ1) is 12.7. The first-order valence-electron chi connectivity index (χ1n) is 6.71. The molecule has 5 heteroatoms. The van der Waals surface area contributed by atoms with Crippen LogP contribution in [0.4, 0.5) is 0 Å². The van der Waals surface area contributed by atoms with Crippen LogP contribution in [0.5, 0.6) is 5.75 Å². The Hall–Kier alpha value is -2.30. The van der Waals surface area contributed by atoms with Crippen molar-refractivity contribution in [3.8, 4) is 5.75 Å². The van der Waals surface area contributed by atoms with Crippen molar-refractivity contribution in [2.45, 2.75) is 19.9 Å². The van der Waals surface area contributed by atoms with Gasteiger partial charge in [0.25, 0.3) is 0 Å². The highest BCUT2D eigenvalue weighted by atomic mass is 16.5. The van der Waals surface area contributed by atoms with Gasteiger partial charge in [-0.3, -0.25) is 9.89 Å². The molecule has 1 atom stereocenters. The topological polar surface area (TPSA) is 67.0 Å². The van der Waals surface area contributed by atoms with Crippen LogP contribution in [0.1, 0.15) is 16.8 Å². The summed E-state index contributed by atoms with van der Waals surface area (Å²) in [6.07, 6.45) is 2.47. The predicted molar refractivity (Wildman–Crippen MR) is 74.3 cm³/mol. The van der Waals surface area contributed by atoms with Gasteiger partial charge in [-0.25, -0.2) is 0 Å².